The minimum absolute atomic E-state index is 0.312. The van der Waals surface area contributed by atoms with Crippen molar-refractivity contribution in [3.63, 3.8) is 0 Å². The number of aliphatic hydroxyl groups excluding tert-OH is 2. The van der Waals surface area contributed by atoms with Crippen LogP contribution in [0.25, 0.3) is 0 Å². The van der Waals surface area contributed by atoms with Gasteiger partial charge in [0.05, 0.1) is 10.9 Å². The molecule has 11 nitrogen and oxygen atoms in total. The Kier molecular flexibility index (Phi) is 11.8. The Balaban J connectivity index is 1.56. The van der Waals surface area contributed by atoms with Crippen molar-refractivity contribution in [2.75, 3.05) is 0 Å². The topological polar surface area (TPSA) is 171 Å². The lowest BCUT2D eigenvalue weighted by atomic mass is 9.75. The number of aromatic nitrogens is 2. The monoisotopic (exact) mass is 600 g/mol. The predicted molar refractivity (Wildman–Crippen MR) is 156 cm³/mol. The van der Waals surface area contributed by atoms with Gasteiger partial charge in [0.2, 0.25) is 0 Å². The largest absolute Gasteiger partial charge is 0.387 e. The second kappa shape index (κ2) is 14.3. The molecule has 1 aromatic rings. The Hall–Kier alpha value is -1.59. The van der Waals surface area contributed by atoms with Gasteiger partial charge < -0.3 is 29.8 Å². The number of hydrogen-bond acceptors (Lipinski definition) is 7. The zero-order valence-electron chi connectivity index (χ0n) is 24.7. The predicted octanol–water partition coefficient (Wildman–Crippen LogP) is 3.65. The molecule has 0 aromatic carbocycles. The smallest absolute Gasteiger partial charge is 0.354 e. The first-order chi connectivity index (χ1) is 19.3. The van der Waals surface area contributed by atoms with E-state index in [0.717, 1.165) is 40.7 Å². The van der Waals surface area contributed by atoms with E-state index in [1.165, 1.54) is 77.7 Å². The van der Waals surface area contributed by atoms with Crippen molar-refractivity contribution in [3.05, 3.63) is 44.5 Å². The van der Waals surface area contributed by atoms with E-state index in [1.54, 1.807) is 0 Å². The molecule has 234 valence electrons. The number of allylic oxidation sites excluding steroid dienone is 1. The zero-order chi connectivity index (χ0) is 30.4. The molecule has 2 bridgehead atoms. The van der Waals surface area contributed by atoms with E-state index >= 15 is 0 Å². The number of nitrogens with zero attached hydrogens (tertiary/aromatic N) is 2. The zero-order valence-corrected chi connectivity index (χ0v) is 25.5. The number of fused-ring (bicyclic) bond motifs is 4. The van der Waals surface area contributed by atoms with Crippen LogP contribution in [0.2, 0.25) is 0 Å². The van der Waals surface area contributed by atoms with Crippen LogP contribution in [-0.2, 0) is 14.8 Å². The Morgan fingerprint density at radius 3 is 2.02 bits per heavy atom. The Bertz CT molecular complexity index is 1200. The molecule has 5 N–H and O–H groups in total. The lowest BCUT2D eigenvalue weighted by molar-refractivity contribution is -0.184. The maximum Gasteiger partial charge on any atom is 0.354 e. The van der Waals surface area contributed by atoms with E-state index in [-0.39, 0.29) is 0 Å². The minimum atomic E-state index is -4.96. The fourth-order valence-electron chi connectivity index (χ4n) is 6.27. The standard InChI is InChI=1S/C29H49N2O9P/c1-4-5-6-7-8-9-10-11-12-13-14-15-16-17-18-21(41(37,38)39)23(33)24-25(34)29(36)26(40-24)30-20-19-22(32)31(27(30)35)28(29,2)3/h18-20,23-26,33-34,36H,4-17H2,1-3H3,(H2,37,38,39)/b21-18-/t23?,24-,25-,26-,29-/m1/s1. The second-order valence-corrected chi connectivity index (χ2v) is 13.7. The Morgan fingerprint density at radius 2 is 1.51 bits per heavy atom. The van der Waals surface area contributed by atoms with Gasteiger partial charge >= 0.3 is 13.3 Å². The number of aliphatic hydroxyl groups is 3. The number of ether oxygens (including phenoxy) is 1. The molecule has 0 aliphatic carbocycles. The maximum atomic E-state index is 12.9. The van der Waals surface area contributed by atoms with Gasteiger partial charge in [-0.25, -0.2) is 4.79 Å². The second-order valence-electron chi connectivity index (χ2n) is 12.1. The third-order valence-corrected chi connectivity index (χ3v) is 9.96. The molecular formula is C29H49N2O9P. The molecular weight excluding hydrogens is 551 g/mol. The van der Waals surface area contributed by atoms with Crippen molar-refractivity contribution >= 4 is 7.60 Å². The third-order valence-electron chi connectivity index (χ3n) is 8.84. The van der Waals surface area contributed by atoms with Crippen LogP contribution in [0, 0.1) is 0 Å². The van der Waals surface area contributed by atoms with Gasteiger partial charge in [-0.15, -0.1) is 0 Å². The van der Waals surface area contributed by atoms with E-state index in [4.69, 9.17) is 4.74 Å². The van der Waals surface area contributed by atoms with Crippen molar-refractivity contribution in [2.24, 2.45) is 0 Å². The highest BCUT2D eigenvalue weighted by Crippen LogP contribution is 2.53. The first kappa shape index (κ1) is 33.9. The summed E-state index contributed by atoms with van der Waals surface area (Å²) in [5, 5.41) is 33.3. The van der Waals surface area contributed by atoms with Gasteiger partial charge in [-0.2, -0.15) is 0 Å². The average Bonchev–Trinajstić information content (AvgIpc) is 3.17. The van der Waals surface area contributed by atoms with Gasteiger partial charge in [0.15, 0.2) is 11.8 Å². The molecule has 1 aromatic heterocycles. The van der Waals surface area contributed by atoms with Crippen LogP contribution in [0.1, 0.15) is 117 Å². The number of unbranched alkanes of at least 4 members (excludes halogenated alkanes) is 13. The van der Waals surface area contributed by atoms with Crippen LogP contribution in [-0.4, -0.2) is 58.2 Å². The summed E-state index contributed by atoms with van der Waals surface area (Å²) in [6, 6.07) is 1.12. The highest BCUT2D eigenvalue weighted by atomic mass is 31.2. The summed E-state index contributed by atoms with van der Waals surface area (Å²) in [5.74, 6) is 0. The lowest BCUT2D eigenvalue weighted by Gasteiger charge is -2.48. The van der Waals surface area contributed by atoms with E-state index < -0.39 is 59.8 Å². The quantitative estimate of drug-likeness (QED) is 0.132. The van der Waals surface area contributed by atoms with E-state index in [2.05, 4.69) is 6.92 Å². The van der Waals surface area contributed by atoms with Crippen LogP contribution in [0.4, 0.5) is 0 Å². The van der Waals surface area contributed by atoms with Gasteiger partial charge in [0.1, 0.15) is 18.3 Å². The summed E-state index contributed by atoms with van der Waals surface area (Å²) >= 11 is 0. The van der Waals surface area contributed by atoms with Gasteiger partial charge in [-0.3, -0.25) is 18.5 Å². The maximum absolute atomic E-state index is 12.9. The van der Waals surface area contributed by atoms with Crippen molar-refractivity contribution < 1.29 is 34.4 Å². The van der Waals surface area contributed by atoms with Crippen molar-refractivity contribution in [1.29, 1.82) is 0 Å². The Morgan fingerprint density at radius 1 is 1.00 bits per heavy atom. The SMILES string of the molecule is CCCCCCCCCCCCCCC/C=C(/C(O)[C@H]1O[C@H]2n3ccc(=O)n(c3=O)C(C)(C)[C@@]2(O)[C@@H]1O)P(=O)(O)O. The average molecular weight is 601 g/mol. The summed E-state index contributed by atoms with van der Waals surface area (Å²) in [5.41, 5.74) is -5.36. The Labute approximate surface area is 242 Å². The van der Waals surface area contributed by atoms with Gasteiger partial charge in [0, 0.05) is 12.3 Å². The van der Waals surface area contributed by atoms with Crippen LogP contribution < -0.4 is 11.2 Å². The molecule has 41 heavy (non-hydrogen) atoms. The fraction of sp³-hybridized carbons (Fsp3) is 0.793. The summed E-state index contributed by atoms with van der Waals surface area (Å²) in [6.45, 7) is 5.00. The summed E-state index contributed by atoms with van der Waals surface area (Å²) in [4.78, 5) is 45.3. The van der Waals surface area contributed by atoms with E-state index in [9.17, 15) is 39.3 Å². The van der Waals surface area contributed by atoms with Crippen molar-refractivity contribution in [3.8, 4) is 0 Å². The molecule has 2 aliphatic heterocycles. The molecule has 1 saturated heterocycles. The molecule has 3 rings (SSSR count). The van der Waals surface area contributed by atoms with Crippen LogP contribution in [0.15, 0.2) is 33.2 Å². The molecule has 0 amide bonds. The van der Waals surface area contributed by atoms with Crippen molar-refractivity contribution in [2.45, 2.75) is 146 Å². The first-order valence-electron chi connectivity index (χ1n) is 15.1. The minimum Gasteiger partial charge on any atom is -0.387 e. The van der Waals surface area contributed by atoms with Crippen LogP contribution in [0.5, 0.6) is 0 Å². The molecule has 1 fully saturated rings. The molecule has 2 aliphatic rings. The summed E-state index contributed by atoms with van der Waals surface area (Å²) < 4.78 is 19.8. The highest BCUT2D eigenvalue weighted by Gasteiger charge is 2.68. The first-order valence-corrected chi connectivity index (χ1v) is 16.8. The normalized spacial score (nSPS) is 26.2. The van der Waals surface area contributed by atoms with E-state index in [0.29, 0.717) is 12.8 Å². The van der Waals surface area contributed by atoms with Crippen LogP contribution >= 0.6 is 7.60 Å². The van der Waals surface area contributed by atoms with Crippen LogP contribution in [0.3, 0.4) is 0 Å². The van der Waals surface area contributed by atoms with Gasteiger partial charge in [0.25, 0.3) is 5.56 Å². The molecule has 0 saturated carbocycles. The highest BCUT2D eigenvalue weighted by molar-refractivity contribution is 7.56. The van der Waals surface area contributed by atoms with Gasteiger partial charge in [-0.05, 0) is 26.7 Å². The molecule has 5 atom stereocenters. The lowest BCUT2D eigenvalue weighted by Crippen LogP contribution is -2.71. The molecule has 12 heteroatoms. The van der Waals surface area contributed by atoms with E-state index in [1.807, 2.05) is 0 Å². The molecule has 3 heterocycles. The number of hydrogen-bond donors (Lipinski definition) is 5. The summed E-state index contributed by atoms with van der Waals surface area (Å²) in [7, 11) is -4.96. The molecule has 0 radical (unpaired) electrons. The molecule has 0 spiro atoms. The fourth-order valence-corrected chi connectivity index (χ4v) is 7.13. The van der Waals surface area contributed by atoms with Gasteiger partial charge in [-0.1, -0.05) is 90.0 Å². The summed E-state index contributed by atoms with van der Waals surface area (Å²) in [6.07, 6.45) is 10.9. The number of rotatable bonds is 17. The third kappa shape index (κ3) is 7.15. The van der Waals surface area contributed by atoms with Crippen molar-refractivity contribution in [1.82, 2.24) is 9.13 Å². The molecule has 1 unspecified atom stereocenters.